The lowest BCUT2D eigenvalue weighted by atomic mass is 10.0. The highest BCUT2D eigenvalue weighted by Gasteiger charge is 2.43. The average molecular weight is 294 g/mol. The fourth-order valence-corrected chi connectivity index (χ4v) is 1.98. The Hall–Kier alpha value is -1.07. The molecule has 0 radical (unpaired) electrons. The minimum atomic E-state index is -3.56. The van der Waals surface area contributed by atoms with E-state index in [9.17, 15) is 8.78 Å². The summed E-state index contributed by atoms with van der Waals surface area (Å²) >= 11 is 0. The van der Waals surface area contributed by atoms with E-state index in [1.54, 1.807) is 6.07 Å². The number of hydrogen-bond acceptors (Lipinski definition) is 3. The van der Waals surface area contributed by atoms with Crippen LogP contribution in [0.15, 0.2) is 18.2 Å². The SMILES string of the molecule is CCCCC[C@@H](N)c1ccc2c(c1)OC(F)(F)O2.Cl. The van der Waals surface area contributed by atoms with Crippen molar-refractivity contribution in [3.8, 4) is 11.5 Å². The van der Waals surface area contributed by atoms with Gasteiger partial charge in [-0.05, 0) is 24.1 Å². The maximum Gasteiger partial charge on any atom is 0.586 e. The van der Waals surface area contributed by atoms with Crippen LogP contribution in [0, 0.1) is 0 Å². The molecule has 0 unspecified atom stereocenters. The average Bonchev–Trinajstić information content (AvgIpc) is 2.61. The van der Waals surface area contributed by atoms with E-state index in [0.717, 1.165) is 31.2 Å². The van der Waals surface area contributed by atoms with E-state index in [1.807, 2.05) is 0 Å². The molecule has 1 aromatic carbocycles. The Balaban J connectivity index is 0.00000180. The standard InChI is InChI=1S/C13H17F2NO2.ClH/c1-2-3-4-5-10(16)9-6-7-11-12(8-9)18-13(14,15)17-11;/h6-8,10H,2-5,16H2,1H3;1H/t10-;/m1./s1. The Kier molecular flexibility index (Phi) is 5.38. The molecular formula is C13H18ClF2NO2. The van der Waals surface area contributed by atoms with Gasteiger partial charge in [0.15, 0.2) is 11.5 Å². The van der Waals surface area contributed by atoms with E-state index in [2.05, 4.69) is 16.4 Å². The highest BCUT2D eigenvalue weighted by molar-refractivity contribution is 5.85. The number of unbranched alkanes of at least 4 members (excludes halogenated alkanes) is 2. The van der Waals surface area contributed by atoms with Gasteiger partial charge >= 0.3 is 6.29 Å². The topological polar surface area (TPSA) is 44.5 Å². The summed E-state index contributed by atoms with van der Waals surface area (Å²) in [5, 5.41) is 0. The fourth-order valence-electron chi connectivity index (χ4n) is 1.98. The van der Waals surface area contributed by atoms with E-state index < -0.39 is 6.29 Å². The molecule has 0 amide bonds. The van der Waals surface area contributed by atoms with E-state index in [-0.39, 0.29) is 29.9 Å². The van der Waals surface area contributed by atoms with Crippen LogP contribution in [0.2, 0.25) is 0 Å². The summed E-state index contributed by atoms with van der Waals surface area (Å²) in [6, 6.07) is 4.57. The van der Waals surface area contributed by atoms with Crippen molar-refractivity contribution in [1.82, 2.24) is 0 Å². The number of alkyl halides is 2. The normalized spacial score (nSPS) is 16.8. The number of halogens is 3. The predicted molar refractivity (Wildman–Crippen MR) is 71.0 cm³/mol. The monoisotopic (exact) mass is 293 g/mol. The second-order valence-electron chi connectivity index (χ2n) is 4.48. The van der Waals surface area contributed by atoms with Gasteiger partial charge in [-0.15, -0.1) is 21.2 Å². The van der Waals surface area contributed by atoms with Crippen LogP contribution in [0.3, 0.4) is 0 Å². The van der Waals surface area contributed by atoms with Crippen molar-refractivity contribution in [2.45, 2.75) is 44.9 Å². The van der Waals surface area contributed by atoms with E-state index in [1.165, 1.54) is 12.1 Å². The largest absolute Gasteiger partial charge is 0.586 e. The Morgan fingerprint density at radius 1 is 1.21 bits per heavy atom. The van der Waals surface area contributed by atoms with Crippen molar-refractivity contribution in [2.24, 2.45) is 5.73 Å². The van der Waals surface area contributed by atoms with Crippen molar-refractivity contribution in [3.05, 3.63) is 23.8 Å². The van der Waals surface area contributed by atoms with Gasteiger partial charge < -0.3 is 15.2 Å². The Morgan fingerprint density at radius 3 is 2.58 bits per heavy atom. The molecule has 0 bridgehead atoms. The summed E-state index contributed by atoms with van der Waals surface area (Å²) in [4.78, 5) is 0. The van der Waals surface area contributed by atoms with Crippen molar-refractivity contribution in [1.29, 1.82) is 0 Å². The predicted octanol–water partition coefficient (Wildman–Crippen LogP) is 4.01. The first-order valence-electron chi connectivity index (χ1n) is 6.17. The van der Waals surface area contributed by atoms with Crippen LogP contribution in [0.1, 0.15) is 44.2 Å². The Bertz CT molecular complexity index is 429. The van der Waals surface area contributed by atoms with Gasteiger partial charge in [-0.25, -0.2) is 0 Å². The molecule has 0 spiro atoms. The van der Waals surface area contributed by atoms with Crippen molar-refractivity contribution < 1.29 is 18.3 Å². The quantitative estimate of drug-likeness (QED) is 0.834. The van der Waals surface area contributed by atoms with Crippen LogP contribution >= 0.6 is 12.4 Å². The molecule has 0 saturated carbocycles. The van der Waals surface area contributed by atoms with Gasteiger partial charge in [0.05, 0.1) is 0 Å². The van der Waals surface area contributed by atoms with E-state index in [4.69, 9.17) is 5.73 Å². The number of rotatable bonds is 5. The lowest BCUT2D eigenvalue weighted by Gasteiger charge is -2.12. The molecule has 2 N–H and O–H groups in total. The summed E-state index contributed by atoms with van der Waals surface area (Å²) in [5.74, 6) is 0.118. The van der Waals surface area contributed by atoms with Crippen molar-refractivity contribution >= 4 is 12.4 Å². The summed E-state index contributed by atoms with van der Waals surface area (Å²) < 4.78 is 34.4. The second-order valence-corrected chi connectivity index (χ2v) is 4.48. The minimum Gasteiger partial charge on any atom is -0.395 e. The zero-order valence-corrected chi connectivity index (χ0v) is 11.5. The molecule has 0 saturated heterocycles. The molecule has 0 aliphatic carbocycles. The van der Waals surface area contributed by atoms with Gasteiger partial charge in [-0.3, -0.25) is 0 Å². The molecular weight excluding hydrogens is 276 g/mol. The van der Waals surface area contributed by atoms with Crippen LogP contribution < -0.4 is 15.2 Å². The molecule has 108 valence electrons. The van der Waals surface area contributed by atoms with Crippen molar-refractivity contribution in [2.75, 3.05) is 0 Å². The zero-order valence-electron chi connectivity index (χ0n) is 10.7. The smallest absolute Gasteiger partial charge is 0.395 e. The summed E-state index contributed by atoms with van der Waals surface area (Å²) in [6.45, 7) is 2.12. The number of nitrogens with two attached hydrogens (primary N) is 1. The molecule has 1 aliphatic rings. The van der Waals surface area contributed by atoms with Gasteiger partial charge in [-0.2, -0.15) is 0 Å². The third-order valence-electron chi connectivity index (χ3n) is 2.97. The summed E-state index contributed by atoms with van der Waals surface area (Å²) in [5.41, 5.74) is 6.81. The molecule has 19 heavy (non-hydrogen) atoms. The van der Waals surface area contributed by atoms with Crippen LogP contribution in [0.5, 0.6) is 11.5 Å². The van der Waals surface area contributed by atoms with Crippen LogP contribution in [-0.4, -0.2) is 6.29 Å². The number of fused-ring (bicyclic) bond motifs is 1. The molecule has 1 heterocycles. The maximum absolute atomic E-state index is 12.8. The molecule has 1 aromatic rings. The Morgan fingerprint density at radius 2 is 1.89 bits per heavy atom. The molecule has 2 rings (SSSR count). The first kappa shape index (κ1) is 16.0. The molecule has 0 fully saturated rings. The van der Waals surface area contributed by atoms with E-state index >= 15 is 0 Å². The summed E-state index contributed by atoms with van der Waals surface area (Å²) in [6.07, 6.45) is 0.551. The maximum atomic E-state index is 12.8. The highest BCUT2D eigenvalue weighted by atomic mass is 35.5. The minimum absolute atomic E-state index is 0. The second kappa shape index (κ2) is 6.39. The molecule has 0 aromatic heterocycles. The third kappa shape index (κ3) is 3.94. The lowest BCUT2D eigenvalue weighted by Crippen LogP contribution is -2.25. The highest BCUT2D eigenvalue weighted by Crippen LogP contribution is 2.42. The van der Waals surface area contributed by atoms with Gasteiger partial charge in [0.25, 0.3) is 0 Å². The van der Waals surface area contributed by atoms with Crippen molar-refractivity contribution in [3.63, 3.8) is 0 Å². The molecule has 6 heteroatoms. The fraction of sp³-hybridized carbons (Fsp3) is 0.538. The van der Waals surface area contributed by atoms with Crippen LogP contribution in [-0.2, 0) is 0 Å². The van der Waals surface area contributed by atoms with Gasteiger partial charge in [0.2, 0.25) is 0 Å². The number of benzene rings is 1. The van der Waals surface area contributed by atoms with Gasteiger partial charge in [0, 0.05) is 6.04 Å². The number of hydrogen-bond donors (Lipinski definition) is 1. The first-order chi connectivity index (χ1) is 8.52. The van der Waals surface area contributed by atoms with Crippen LogP contribution in [0.25, 0.3) is 0 Å². The molecule has 1 aliphatic heterocycles. The molecule has 1 atom stereocenters. The Labute approximate surface area is 117 Å². The first-order valence-corrected chi connectivity index (χ1v) is 6.17. The zero-order chi connectivity index (χ0) is 13.2. The van der Waals surface area contributed by atoms with Gasteiger partial charge in [0.1, 0.15) is 0 Å². The summed E-state index contributed by atoms with van der Waals surface area (Å²) in [7, 11) is 0. The van der Waals surface area contributed by atoms with Crippen LogP contribution in [0.4, 0.5) is 8.78 Å². The molecule has 3 nitrogen and oxygen atoms in total. The van der Waals surface area contributed by atoms with E-state index in [0.29, 0.717) is 0 Å². The third-order valence-corrected chi connectivity index (χ3v) is 2.97. The van der Waals surface area contributed by atoms with Gasteiger partial charge in [-0.1, -0.05) is 32.3 Å². The lowest BCUT2D eigenvalue weighted by molar-refractivity contribution is -0.286. The number of ether oxygens (including phenoxy) is 2.